The summed E-state index contributed by atoms with van der Waals surface area (Å²) in [5, 5.41) is 12.6. The van der Waals surface area contributed by atoms with Crippen molar-refractivity contribution >= 4 is 32.9 Å². The maximum Gasteiger partial charge on any atom is 0.286 e. The van der Waals surface area contributed by atoms with Crippen molar-refractivity contribution in [2.45, 2.75) is 45.6 Å². The number of imidazole rings is 1. The Labute approximate surface area is 190 Å². The molecule has 0 radical (unpaired) electrons. The molecule has 0 saturated heterocycles. The summed E-state index contributed by atoms with van der Waals surface area (Å²) in [6, 6.07) is 5.50. The van der Waals surface area contributed by atoms with Crippen LogP contribution in [0.15, 0.2) is 38.4 Å². The van der Waals surface area contributed by atoms with Crippen molar-refractivity contribution in [3.63, 3.8) is 0 Å². The molecule has 0 saturated carbocycles. The first-order valence-electron chi connectivity index (χ1n) is 10.4. The van der Waals surface area contributed by atoms with E-state index in [1.165, 1.54) is 4.40 Å². The minimum Gasteiger partial charge on any atom is -0.339 e. The summed E-state index contributed by atoms with van der Waals surface area (Å²) >= 11 is 3.34. The monoisotopic (exact) mass is 497 g/mol. The second-order valence-corrected chi connectivity index (χ2v) is 8.12. The molecule has 0 aromatic carbocycles. The summed E-state index contributed by atoms with van der Waals surface area (Å²) in [5.74, 6) is 1.87. The van der Waals surface area contributed by atoms with Crippen LogP contribution in [0.25, 0.3) is 28.5 Å². The number of aryl methyl sites for hydroxylation is 3. The summed E-state index contributed by atoms with van der Waals surface area (Å²) < 4.78 is 9.34. The van der Waals surface area contributed by atoms with Crippen molar-refractivity contribution in [3.8, 4) is 11.5 Å². The Morgan fingerprint density at radius 3 is 2.88 bits per heavy atom. The number of rotatable bonds is 8. The number of hydrogen-bond donors (Lipinski definition) is 1. The number of unbranched alkanes of at least 4 members (excludes halogenated alkanes) is 2. The SMILES string of the molecule is CCCCCn1c2nc(Br)[nH]c2c(=O)n2c(CCc3nc(-c4ccccn4)no3)nnc12. The van der Waals surface area contributed by atoms with E-state index in [1.807, 2.05) is 22.8 Å². The molecule has 0 bridgehead atoms. The van der Waals surface area contributed by atoms with Gasteiger partial charge in [0.25, 0.3) is 5.56 Å². The maximum absolute atomic E-state index is 13.2. The summed E-state index contributed by atoms with van der Waals surface area (Å²) in [7, 11) is 0. The molecule has 32 heavy (non-hydrogen) atoms. The lowest BCUT2D eigenvalue weighted by Gasteiger charge is -2.09. The largest absolute Gasteiger partial charge is 0.339 e. The number of pyridine rings is 1. The molecule has 5 heterocycles. The highest BCUT2D eigenvalue weighted by Crippen LogP contribution is 2.17. The van der Waals surface area contributed by atoms with Gasteiger partial charge in [-0.1, -0.05) is 31.0 Å². The molecule has 0 amide bonds. The summed E-state index contributed by atoms with van der Waals surface area (Å²) in [4.78, 5) is 29.3. The van der Waals surface area contributed by atoms with E-state index in [9.17, 15) is 4.79 Å². The standard InChI is InChI=1S/C20H20BrN9O2/c1-2-3-6-11-29-17-15(24-19(21)25-17)18(31)30-13(26-27-20(29)30)8-9-14-23-16(28-32-14)12-7-4-5-10-22-12/h4-5,7,10H,2-3,6,8-9,11H2,1H3,(H,24,25). The molecule has 0 aliphatic heterocycles. The van der Waals surface area contributed by atoms with Gasteiger partial charge in [0, 0.05) is 25.6 Å². The quantitative estimate of drug-likeness (QED) is 0.255. The summed E-state index contributed by atoms with van der Waals surface area (Å²) in [6.07, 6.45) is 5.62. The van der Waals surface area contributed by atoms with Crippen molar-refractivity contribution in [2.75, 3.05) is 0 Å². The molecule has 0 spiro atoms. The minimum absolute atomic E-state index is 0.236. The summed E-state index contributed by atoms with van der Waals surface area (Å²) in [5.41, 5.74) is 1.38. The van der Waals surface area contributed by atoms with Crippen LogP contribution < -0.4 is 5.56 Å². The van der Waals surface area contributed by atoms with Crippen LogP contribution >= 0.6 is 15.9 Å². The first-order chi connectivity index (χ1) is 15.7. The van der Waals surface area contributed by atoms with Crippen LogP contribution in [0.1, 0.15) is 37.9 Å². The van der Waals surface area contributed by atoms with Crippen LogP contribution in [-0.4, -0.2) is 44.3 Å². The van der Waals surface area contributed by atoms with Gasteiger partial charge in [-0.25, -0.2) is 9.38 Å². The van der Waals surface area contributed by atoms with Crippen LogP contribution in [0.2, 0.25) is 0 Å². The Bertz CT molecular complexity index is 1430. The first-order valence-corrected chi connectivity index (χ1v) is 11.2. The molecule has 1 N–H and O–H groups in total. The van der Waals surface area contributed by atoms with Crippen LogP contribution in [0.4, 0.5) is 0 Å². The van der Waals surface area contributed by atoms with Crippen molar-refractivity contribution in [2.24, 2.45) is 0 Å². The number of H-pyrrole nitrogens is 1. The Hall–Kier alpha value is -3.41. The van der Waals surface area contributed by atoms with Crippen LogP contribution in [-0.2, 0) is 19.4 Å². The molecule has 0 atom stereocenters. The van der Waals surface area contributed by atoms with E-state index in [0.29, 0.717) is 64.3 Å². The zero-order chi connectivity index (χ0) is 22.1. The van der Waals surface area contributed by atoms with Gasteiger partial charge in [-0.2, -0.15) is 4.98 Å². The highest BCUT2D eigenvalue weighted by atomic mass is 79.9. The third kappa shape index (κ3) is 3.70. The number of halogens is 1. The molecule has 0 aliphatic rings. The van der Waals surface area contributed by atoms with E-state index in [0.717, 1.165) is 19.3 Å². The van der Waals surface area contributed by atoms with Gasteiger partial charge in [0.05, 0.1) is 0 Å². The highest BCUT2D eigenvalue weighted by molar-refractivity contribution is 9.10. The third-order valence-electron chi connectivity index (χ3n) is 5.19. The molecule has 5 rings (SSSR count). The second-order valence-electron chi connectivity index (χ2n) is 7.37. The smallest absolute Gasteiger partial charge is 0.286 e. The first kappa shape index (κ1) is 20.5. The lowest BCUT2D eigenvalue weighted by molar-refractivity contribution is 0.378. The fourth-order valence-electron chi connectivity index (χ4n) is 3.64. The van der Waals surface area contributed by atoms with Crippen molar-refractivity contribution in [3.05, 3.63) is 51.2 Å². The fraction of sp³-hybridized carbons (Fsp3) is 0.350. The van der Waals surface area contributed by atoms with E-state index in [2.05, 4.69) is 58.1 Å². The lowest BCUT2D eigenvalue weighted by atomic mass is 10.2. The Kier molecular flexibility index (Phi) is 5.52. The van der Waals surface area contributed by atoms with Gasteiger partial charge >= 0.3 is 0 Å². The van der Waals surface area contributed by atoms with E-state index >= 15 is 0 Å². The highest BCUT2D eigenvalue weighted by Gasteiger charge is 2.20. The zero-order valence-corrected chi connectivity index (χ0v) is 18.9. The number of nitrogens with zero attached hydrogens (tertiary/aromatic N) is 8. The summed E-state index contributed by atoms with van der Waals surface area (Å²) in [6.45, 7) is 2.84. The molecular formula is C20H20BrN9O2. The van der Waals surface area contributed by atoms with Gasteiger partial charge in [-0.3, -0.25) is 14.3 Å². The molecule has 12 heteroatoms. The minimum atomic E-state index is -0.236. The molecule has 164 valence electrons. The van der Waals surface area contributed by atoms with E-state index in [-0.39, 0.29) is 5.56 Å². The number of fused-ring (bicyclic) bond motifs is 2. The van der Waals surface area contributed by atoms with Gasteiger partial charge in [0.15, 0.2) is 15.9 Å². The van der Waals surface area contributed by atoms with Gasteiger partial charge in [0.2, 0.25) is 17.5 Å². The van der Waals surface area contributed by atoms with E-state index in [4.69, 9.17) is 4.52 Å². The maximum atomic E-state index is 13.2. The number of aromatic nitrogens is 9. The predicted molar refractivity (Wildman–Crippen MR) is 119 cm³/mol. The number of aromatic amines is 1. The molecule has 0 fully saturated rings. The number of hydrogen-bond acceptors (Lipinski definition) is 8. The average molecular weight is 498 g/mol. The molecule has 0 unspecified atom stereocenters. The Balaban J connectivity index is 1.47. The number of nitrogens with one attached hydrogen (secondary N) is 1. The van der Waals surface area contributed by atoms with Gasteiger partial charge in [-0.15, -0.1) is 10.2 Å². The Morgan fingerprint density at radius 1 is 1.16 bits per heavy atom. The Morgan fingerprint density at radius 2 is 2.06 bits per heavy atom. The lowest BCUT2D eigenvalue weighted by Crippen LogP contribution is -2.21. The third-order valence-corrected chi connectivity index (χ3v) is 5.57. The predicted octanol–water partition coefficient (Wildman–Crippen LogP) is 2.95. The van der Waals surface area contributed by atoms with Crippen LogP contribution in [0.3, 0.4) is 0 Å². The van der Waals surface area contributed by atoms with E-state index < -0.39 is 0 Å². The molecule has 0 aliphatic carbocycles. The van der Waals surface area contributed by atoms with Crippen molar-refractivity contribution in [1.29, 1.82) is 0 Å². The zero-order valence-electron chi connectivity index (χ0n) is 17.3. The average Bonchev–Trinajstić information content (AvgIpc) is 3.53. The fourth-order valence-corrected chi connectivity index (χ4v) is 4.00. The molecule has 11 nitrogen and oxygen atoms in total. The van der Waals surface area contributed by atoms with E-state index in [1.54, 1.807) is 6.20 Å². The van der Waals surface area contributed by atoms with Gasteiger partial charge < -0.3 is 9.51 Å². The van der Waals surface area contributed by atoms with Gasteiger partial charge in [-0.05, 0) is 34.5 Å². The van der Waals surface area contributed by atoms with Crippen LogP contribution in [0.5, 0.6) is 0 Å². The second kappa shape index (κ2) is 8.61. The molecule has 5 aromatic rings. The normalized spacial score (nSPS) is 11.7. The topological polar surface area (TPSA) is 133 Å². The van der Waals surface area contributed by atoms with Crippen molar-refractivity contribution in [1.82, 2.24) is 44.3 Å². The van der Waals surface area contributed by atoms with Crippen molar-refractivity contribution < 1.29 is 4.52 Å². The van der Waals surface area contributed by atoms with Gasteiger partial charge in [0.1, 0.15) is 11.5 Å². The molecule has 5 aromatic heterocycles. The molecular weight excluding hydrogens is 478 g/mol. The van der Waals surface area contributed by atoms with Crippen LogP contribution in [0, 0.1) is 0 Å².